The minimum atomic E-state index is -0.240. The summed E-state index contributed by atoms with van der Waals surface area (Å²) in [5, 5.41) is 4.51. The number of hydrogen-bond acceptors (Lipinski definition) is 2. The van der Waals surface area contributed by atoms with Gasteiger partial charge in [-0.3, -0.25) is 0 Å². The number of benzene rings is 7. The van der Waals surface area contributed by atoms with E-state index >= 15 is 0 Å². The first-order valence-electron chi connectivity index (χ1n) is 15.4. The van der Waals surface area contributed by atoms with Crippen LogP contribution in [0.4, 0.5) is 21.5 Å². The normalized spacial score (nSPS) is 11.6. The highest BCUT2D eigenvalue weighted by Gasteiger charge is 2.21. The molecule has 218 valence electrons. The van der Waals surface area contributed by atoms with Gasteiger partial charge in [0.1, 0.15) is 17.0 Å². The number of para-hydroxylation sites is 3. The molecule has 0 radical (unpaired) electrons. The molecule has 9 aromatic rings. The monoisotopic (exact) mass is 594 g/mol. The van der Waals surface area contributed by atoms with Gasteiger partial charge >= 0.3 is 0 Å². The minimum Gasteiger partial charge on any atom is -0.456 e. The van der Waals surface area contributed by atoms with E-state index in [0.717, 1.165) is 61.3 Å². The molecular weight excluding hydrogens is 567 g/mol. The fraction of sp³-hybridized carbons (Fsp3) is 0. The number of hydrogen-bond donors (Lipinski definition) is 0. The van der Waals surface area contributed by atoms with Crippen molar-refractivity contribution in [3.05, 3.63) is 170 Å². The molecule has 0 aliphatic carbocycles. The minimum absolute atomic E-state index is 0.240. The summed E-state index contributed by atoms with van der Waals surface area (Å²) in [6.45, 7) is 0. The summed E-state index contributed by atoms with van der Waals surface area (Å²) in [6, 6.07) is 55.4. The van der Waals surface area contributed by atoms with Crippen LogP contribution in [0.5, 0.6) is 0 Å². The van der Waals surface area contributed by atoms with Crippen LogP contribution in [0.1, 0.15) is 0 Å². The van der Waals surface area contributed by atoms with Crippen molar-refractivity contribution in [2.24, 2.45) is 0 Å². The first kappa shape index (κ1) is 26.3. The molecule has 46 heavy (non-hydrogen) atoms. The maximum absolute atomic E-state index is 13.7. The average Bonchev–Trinajstić information content (AvgIpc) is 3.66. The second kappa shape index (κ2) is 10.5. The number of anilines is 3. The summed E-state index contributed by atoms with van der Waals surface area (Å²) in [4.78, 5) is 2.31. The molecule has 0 fully saturated rings. The molecule has 2 aromatic heterocycles. The van der Waals surface area contributed by atoms with E-state index in [1.54, 1.807) is 0 Å². The van der Waals surface area contributed by atoms with Crippen molar-refractivity contribution in [1.82, 2.24) is 4.57 Å². The lowest BCUT2D eigenvalue weighted by Crippen LogP contribution is -2.10. The van der Waals surface area contributed by atoms with Gasteiger partial charge in [0.25, 0.3) is 0 Å². The molecule has 0 aliphatic rings. The Hall–Kier alpha value is -6.13. The van der Waals surface area contributed by atoms with Gasteiger partial charge in [-0.25, -0.2) is 4.39 Å². The van der Waals surface area contributed by atoms with Crippen molar-refractivity contribution >= 4 is 60.8 Å². The SMILES string of the molecule is Fc1ccc(-c2ccc(N(c3ccc4c(c3)c3ccccc3n4-c3ccccc3)c3cccc4oc5ccccc5c34)cc2)cc1. The maximum atomic E-state index is 13.7. The Balaban J connectivity index is 1.29. The van der Waals surface area contributed by atoms with Crippen molar-refractivity contribution in [2.45, 2.75) is 0 Å². The predicted molar refractivity (Wildman–Crippen MR) is 188 cm³/mol. The highest BCUT2D eigenvalue weighted by Crippen LogP contribution is 2.44. The second-order valence-electron chi connectivity index (χ2n) is 11.5. The molecule has 2 heterocycles. The molecule has 0 N–H and O–H groups in total. The zero-order valence-corrected chi connectivity index (χ0v) is 24.8. The number of aromatic nitrogens is 1. The van der Waals surface area contributed by atoms with Crippen LogP contribution >= 0.6 is 0 Å². The third-order valence-electron chi connectivity index (χ3n) is 8.85. The molecule has 4 heteroatoms. The summed E-state index contributed by atoms with van der Waals surface area (Å²) in [7, 11) is 0. The Labute approximate surface area is 265 Å². The lowest BCUT2D eigenvalue weighted by atomic mass is 10.0. The highest BCUT2D eigenvalue weighted by atomic mass is 19.1. The number of rotatable bonds is 5. The van der Waals surface area contributed by atoms with Crippen LogP contribution in [0.2, 0.25) is 0 Å². The molecule has 0 saturated carbocycles. The predicted octanol–water partition coefficient (Wildman–Crippen LogP) is 12.0. The van der Waals surface area contributed by atoms with Gasteiger partial charge in [-0.2, -0.15) is 0 Å². The Kier molecular flexibility index (Phi) is 6.00. The number of halogens is 1. The third-order valence-corrected chi connectivity index (χ3v) is 8.85. The van der Waals surface area contributed by atoms with Crippen LogP contribution in [0.25, 0.3) is 60.6 Å². The smallest absolute Gasteiger partial charge is 0.137 e. The first-order chi connectivity index (χ1) is 22.7. The number of fused-ring (bicyclic) bond motifs is 6. The fourth-order valence-corrected chi connectivity index (χ4v) is 6.77. The van der Waals surface area contributed by atoms with Gasteiger partial charge in [-0.1, -0.05) is 84.9 Å². The molecule has 0 aliphatic heterocycles. The van der Waals surface area contributed by atoms with E-state index in [1.807, 2.05) is 30.3 Å². The summed E-state index contributed by atoms with van der Waals surface area (Å²) in [5.41, 5.74) is 10.2. The Morgan fingerprint density at radius 1 is 0.478 bits per heavy atom. The Bertz CT molecular complexity index is 2530. The zero-order chi connectivity index (χ0) is 30.6. The molecule has 3 nitrogen and oxygen atoms in total. The van der Waals surface area contributed by atoms with Crippen LogP contribution in [-0.2, 0) is 0 Å². The van der Waals surface area contributed by atoms with Crippen molar-refractivity contribution in [1.29, 1.82) is 0 Å². The quantitative estimate of drug-likeness (QED) is 0.198. The lowest BCUT2D eigenvalue weighted by molar-refractivity contribution is 0.628. The molecular formula is C42H27FN2O. The summed E-state index contributed by atoms with van der Waals surface area (Å²) >= 11 is 0. The molecule has 7 aromatic carbocycles. The standard InChI is InChI=1S/C42H27FN2O/c43-30-21-17-28(18-22-30)29-19-23-32(24-20-29)44(39-14-8-16-41-42(39)35-12-5-7-15-40(35)46-41)33-25-26-38-36(27-33)34-11-4-6-13-37(34)45(38)31-9-2-1-3-10-31/h1-27H. The fourth-order valence-electron chi connectivity index (χ4n) is 6.77. The van der Waals surface area contributed by atoms with Crippen molar-refractivity contribution in [2.75, 3.05) is 4.90 Å². The first-order valence-corrected chi connectivity index (χ1v) is 15.4. The third kappa shape index (κ3) is 4.19. The van der Waals surface area contributed by atoms with Crippen molar-refractivity contribution in [3.63, 3.8) is 0 Å². The van der Waals surface area contributed by atoms with Gasteiger partial charge in [0.05, 0.1) is 22.1 Å². The van der Waals surface area contributed by atoms with Crippen molar-refractivity contribution < 1.29 is 8.81 Å². The lowest BCUT2D eigenvalue weighted by Gasteiger charge is -2.26. The van der Waals surface area contributed by atoms with Gasteiger partial charge in [0, 0.05) is 33.2 Å². The van der Waals surface area contributed by atoms with E-state index in [4.69, 9.17) is 4.42 Å². The van der Waals surface area contributed by atoms with E-state index in [-0.39, 0.29) is 5.82 Å². The topological polar surface area (TPSA) is 21.3 Å². The van der Waals surface area contributed by atoms with E-state index in [0.29, 0.717) is 0 Å². The highest BCUT2D eigenvalue weighted by molar-refractivity contribution is 6.14. The summed E-state index contributed by atoms with van der Waals surface area (Å²) < 4.78 is 22.3. The van der Waals surface area contributed by atoms with Crippen LogP contribution in [-0.4, -0.2) is 4.57 Å². The van der Waals surface area contributed by atoms with Gasteiger partial charge in [-0.05, 0) is 90.0 Å². The van der Waals surface area contributed by atoms with Gasteiger partial charge in [-0.15, -0.1) is 0 Å². The van der Waals surface area contributed by atoms with E-state index < -0.39 is 0 Å². The second-order valence-corrected chi connectivity index (χ2v) is 11.5. The number of nitrogens with zero attached hydrogens (tertiary/aromatic N) is 2. The molecule has 9 rings (SSSR count). The van der Waals surface area contributed by atoms with E-state index in [9.17, 15) is 4.39 Å². The van der Waals surface area contributed by atoms with E-state index in [1.165, 1.54) is 28.4 Å². The van der Waals surface area contributed by atoms with Crippen molar-refractivity contribution in [3.8, 4) is 16.8 Å². The van der Waals surface area contributed by atoms with E-state index in [2.05, 4.69) is 131 Å². The summed E-state index contributed by atoms with van der Waals surface area (Å²) in [5.74, 6) is -0.240. The molecule has 0 spiro atoms. The molecule has 0 amide bonds. The maximum Gasteiger partial charge on any atom is 0.137 e. The zero-order valence-electron chi connectivity index (χ0n) is 24.8. The van der Waals surface area contributed by atoms with Crippen LogP contribution in [0, 0.1) is 5.82 Å². The van der Waals surface area contributed by atoms with Crippen LogP contribution < -0.4 is 4.90 Å². The van der Waals surface area contributed by atoms with Crippen LogP contribution in [0.15, 0.2) is 168 Å². The molecule has 0 atom stereocenters. The largest absolute Gasteiger partial charge is 0.456 e. The van der Waals surface area contributed by atoms with Crippen LogP contribution in [0.3, 0.4) is 0 Å². The van der Waals surface area contributed by atoms with Gasteiger partial charge in [0.15, 0.2) is 0 Å². The van der Waals surface area contributed by atoms with Gasteiger partial charge in [0.2, 0.25) is 0 Å². The molecule has 0 unspecified atom stereocenters. The molecule has 0 bridgehead atoms. The van der Waals surface area contributed by atoms with Gasteiger partial charge < -0.3 is 13.9 Å². The average molecular weight is 595 g/mol. The Morgan fingerprint density at radius 3 is 1.91 bits per heavy atom. The molecule has 0 saturated heterocycles. The summed E-state index contributed by atoms with van der Waals surface area (Å²) in [6.07, 6.45) is 0. The Morgan fingerprint density at radius 2 is 1.11 bits per heavy atom. The number of furan rings is 1.